The molecule has 1 rings (SSSR count). The second-order valence-electron chi connectivity index (χ2n) is 7.90. The van der Waals surface area contributed by atoms with Gasteiger partial charge < -0.3 is 9.74 Å². The van der Waals surface area contributed by atoms with Crippen molar-refractivity contribution < 1.29 is 24.0 Å². The van der Waals surface area contributed by atoms with Gasteiger partial charge in [0, 0.05) is 47.1 Å². The Morgan fingerprint density at radius 3 is 2.21 bits per heavy atom. The van der Waals surface area contributed by atoms with Crippen molar-refractivity contribution in [1.29, 1.82) is 0 Å². The maximum Gasteiger partial charge on any atom is 0.334 e. The Morgan fingerprint density at radius 1 is 1.21 bits per heavy atom. The predicted molar refractivity (Wildman–Crippen MR) is 113 cm³/mol. The van der Waals surface area contributed by atoms with Crippen LogP contribution in [0.3, 0.4) is 0 Å². The van der Waals surface area contributed by atoms with Crippen molar-refractivity contribution in [2.75, 3.05) is 12.3 Å². The molecule has 160 valence electrons. The van der Waals surface area contributed by atoms with Crippen LogP contribution in [0.5, 0.6) is 0 Å². The summed E-state index contributed by atoms with van der Waals surface area (Å²) in [5.41, 5.74) is 0. The van der Waals surface area contributed by atoms with E-state index in [1.165, 1.54) is 0 Å². The summed E-state index contributed by atoms with van der Waals surface area (Å²) in [4.78, 5) is 53.9. The zero-order chi connectivity index (χ0) is 21.7. The monoisotopic (exact) mass is 432 g/mol. The lowest BCUT2D eigenvalue weighted by atomic mass is 9.94. The molecule has 0 bridgehead atoms. The van der Waals surface area contributed by atoms with Crippen molar-refractivity contribution in [1.82, 2.24) is 9.96 Å². The first-order valence-electron chi connectivity index (χ1n) is 9.54. The normalized spacial score (nSPS) is 17.1. The van der Waals surface area contributed by atoms with Crippen molar-refractivity contribution in [3.63, 3.8) is 0 Å². The van der Waals surface area contributed by atoms with E-state index >= 15 is 0 Å². The van der Waals surface area contributed by atoms with E-state index in [4.69, 9.17) is 17.5 Å². The molecule has 1 heterocycles. The zero-order valence-electron chi connectivity index (χ0n) is 17.6. The molecular formula is C19H32N2O5S2. The lowest BCUT2D eigenvalue weighted by molar-refractivity contribution is -0.197. The standard InChI is InChI=1S/C19H32N2O5S2/c1-7-14(22)20(13(2)3)12-19(6,27)18(4,5)28-11-10-17(25)26-21-15(23)8-9-16(21)24/h13,27H,7-12H2,1-6H3. The average molecular weight is 433 g/mol. The van der Waals surface area contributed by atoms with Crippen molar-refractivity contribution in [2.45, 2.75) is 82.8 Å². The third kappa shape index (κ3) is 6.40. The molecule has 9 heteroatoms. The lowest BCUT2D eigenvalue weighted by Crippen LogP contribution is -2.52. The van der Waals surface area contributed by atoms with Gasteiger partial charge in [-0.1, -0.05) is 6.92 Å². The molecule has 0 spiro atoms. The van der Waals surface area contributed by atoms with Crippen LogP contribution in [0, 0.1) is 0 Å². The summed E-state index contributed by atoms with van der Waals surface area (Å²) < 4.78 is -0.853. The Labute approximate surface area is 177 Å². The molecular weight excluding hydrogens is 400 g/mol. The van der Waals surface area contributed by atoms with Crippen LogP contribution in [0.2, 0.25) is 0 Å². The number of hydroxylamine groups is 2. The third-order valence-electron chi connectivity index (χ3n) is 4.99. The fourth-order valence-electron chi connectivity index (χ4n) is 2.63. The summed E-state index contributed by atoms with van der Waals surface area (Å²) in [5, 5.41) is 0.567. The van der Waals surface area contributed by atoms with Gasteiger partial charge in [0.05, 0.1) is 6.42 Å². The number of hydrogen-bond donors (Lipinski definition) is 1. The minimum Gasteiger partial charge on any atom is -0.339 e. The van der Waals surface area contributed by atoms with Crippen LogP contribution in [0.4, 0.5) is 0 Å². The van der Waals surface area contributed by atoms with Crippen LogP contribution in [0.1, 0.15) is 67.2 Å². The molecule has 1 saturated heterocycles. The van der Waals surface area contributed by atoms with Gasteiger partial charge in [-0.3, -0.25) is 14.4 Å². The van der Waals surface area contributed by atoms with Crippen LogP contribution < -0.4 is 0 Å². The van der Waals surface area contributed by atoms with Gasteiger partial charge in [0.25, 0.3) is 11.8 Å². The van der Waals surface area contributed by atoms with E-state index in [1.807, 2.05) is 46.4 Å². The Kier molecular flexibility index (Phi) is 8.87. The molecule has 7 nitrogen and oxygen atoms in total. The maximum absolute atomic E-state index is 12.2. The maximum atomic E-state index is 12.2. The SMILES string of the molecule is CCC(=O)N(CC(C)(S)C(C)(C)SCCC(=O)ON1C(=O)CCC1=O)C(C)C. The summed E-state index contributed by atoms with van der Waals surface area (Å²) in [6.07, 6.45) is 0.662. The topological polar surface area (TPSA) is 84.0 Å². The molecule has 0 saturated carbocycles. The smallest absolute Gasteiger partial charge is 0.334 e. The minimum atomic E-state index is -0.613. The first-order valence-corrected chi connectivity index (χ1v) is 11.0. The average Bonchev–Trinajstić information content (AvgIpc) is 2.90. The van der Waals surface area contributed by atoms with Gasteiger partial charge in [-0.25, -0.2) is 4.79 Å². The first-order chi connectivity index (χ1) is 12.8. The first kappa shape index (κ1) is 24.8. The predicted octanol–water partition coefficient (Wildman–Crippen LogP) is 2.83. The van der Waals surface area contributed by atoms with E-state index in [0.29, 0.717) is 23.8 Å². The fraction of sp³-hybridized carbons (Fsp3) is 0.789. The van der Waals surface area contributed by atoms with Crippen LogP contribution in [-0.4, -0.2) is 61.5 Å². The summed E-state index contributed by atoms with van der Waals surface area (Å²) in [5.74, 6) is -1.05. The van der Waals surface area contributed by atoms with Crippen molar-refractivity contribution in [3.05, 3.63) is 0 Å². The van der Waals surface area contributed by atoms with E-state index in [2.05, 4.69) is 0 Å². The van der Waals surface area contributed by atoms with E-state index in [1.54, 1.807) is 11.8 Å². The summed E-state index contributed by atoms with van der Waals surface area (Å²) in [6.45, 7) is 12.3. The van der Waals surface area contributed by atoms with E-state index in [0.717, 1.165) is 0 Å². The van der Waals surface area contributed by atoms with Crippen LogP contribution in [0.15, 0.2) is 0 Å². The summed E-state index contributed by atoms with van der Waals surface area (Å²) in [7, 11) is 0. The molecule has 0 N–H and O–H groups in total. The number of carbonyl (C=O) groups is 4. The molecule has 0 aromatic rings. The lowest BCUT2D eigenvalue weighted by Gasteiger charge is -2.44. The van der Waals surface area contributed by atoms with Crippen molar-refractivity contribution in [3.8, 4) is 0 Å². The number of thioether (sulfide) groups is 1. The Morgan fingerprint density at radius 2 is 1.75 bits per heavy atom. The van der Waals surface area contributed by atoms with Crippen molar-refractivity contribution in [2.24, 2.45) is 0 Å². The van der Waals surface area contributed by atoms with Gasteiger partial charge in [0.1, 0.15) is 0 Å². The van der Waals surface area contributed by atoms with Crippen LogP contribution >= 0.6 is 24.4 Å². The number of nitrogens with zero attached hydrogens (tertiary/aromatic N) is 2. The molecule has 0 aromatic heterocycles. The van der Waals surface area contributed by atoms with Gasteiger partial charge in [-0.05, 0) is 34.6 Å². The number of thiol groups is 1. The van der Waals surface area contributed by atoms with Gasteiger partial charge in [0.15, 0.2) is 0 Å². The second-order valence-corrected chi connectivity index (χ2v) is 10.6. The molecule has 1 atom stereocenters. The highest BCUT2D eigenvalue weighted by Gasteiger charge is 2.41. The molecule has 0 aliphatic carbocycles. The van der Waals surface area contributed by atoms with Gasteiger partial charge in [-0.2, -0.15) is 24.4 Å². The quantitative estimate of drug-likeness (QED) is 0.422. The third-order valence-corrected chi connectivity index (χ3v) is 7.42. The van der Waals surface area contributed by atoms with E-state index < -0.39 is 22.5 Å². The summed E-state index contributed by atoms with van der Waals surface area (Å²) in [6, 6.07) is 0.0743. The van der Waals surface area contributed by atoms with Crippen molar-refractivity contribution >= 4 is 48.1 Å². The largest absolute Gasteiger partial charge is 0.339 e. The Hall–Kier alpha value is -1.22. The molecule has 0 aromatic carbocycles. The Balaban J connectivity index is 2.61. The molecule has 3 amide bonds. The second kappa shape index (κ2) is 10.0. The van der Waals surface area contributed by atoms with E-state index in [-0.39, 0.29) is 36.0 Å². The van der Waals surface area contributed by atoms with E-state index in [9.17, 15) is 19.2 Å². The van der Waals surface area contributed by atoms with Crippen LogP contribution in [-0.2, 0) is 24.0 Å². The summed E-state index contributed by atoms with van der Waals surface area (Å²) >= 11 is 6.39. The number of carbonyl (C=O) groups excluding carboxylic acids is 4. The van der Waals surface area contributed by atoms with Crippen LogP contribution in [0.25, 0.3) is 0 Å². The number of imide groups is 1. The number of rotatable bonds is 10. The highest BCUT2D eigenvalue weighted by molar-refractivity contribution is 8.01. The molecule has 1 aliphatic rings. The Bertz CT molecular complexity index is 603. The number of amides is 3. The molecule has 0 radical (unpaired) electrons. The highest BCUT2D eigenvalue weighted by Crippen LogP contribution is 2.41. The van der Waals surface area contributed by atoms with Gasteiger partial charge in [-0.15, -0.1) is 5.06 Å². The molecule has 1 aliphatic heterocycles. The van der Waals surface area contributed by atoms with Gasteiger partial charge in [0.2, 0.25) is 5.91 Å². The molecule has 1 fully saturated rings. The number of hydrogen-bond acceptors (Lipinski definition) is 7. The zero-order valence-corrected chi connectivity index (χ0v) is 19.3. The molecule has 1 unspecified atom stereocenters. The molecule has 28 heavy (non-hydrogen) atoms. The highest BCUT2D eigenvalue weighted by atomic mass is 32.2. The fourth-order valence-corrected chi connectivity index (χ4v) is 4.13. The minimum absolute atomic E-state index is 0.0663. The van der Waals surface area contributed by atoms with Gasteiger partial charge >= 0.3 is 5.97 Å².